The van der Waals surface area contributed by atoms with E-state index in [0.717, 1.165) is 32.7 Å². The third kappa shape index (κ3) is 3.44. The van der Waals surface area contributed by atoms with Crippen LogP contribution in [0.2, 0.25) is 0 Å². The fraction of sp³-hybridized carbons (Fsp3) is 0.588. The molecule has 4 nitrogen and oxygen atoms in total. The maximum atomic E-state index is 12.0. The SMILES string of the molecule is CC1(CN2CCNC(=O)CC2c2ccccc2)CCNC1. The van der Waals surface area contributed by atoms with Crippen molar-refractivity contribution in [2.24, 2.45) is 5.41 Å². The van der Waals surface area contributed by atoms with E-state index in [2.05, 4.69) is 46.7 Å². The molecule has 0 spiro atoms. The summed E-state index contributed by atoms with van der Waals surface area (Å²) in [6.07, 6.45) is 1.78. The van der Waals surface area contributed by atoms with Gasteiger partial charge in [-0.25, -0.2) is 0 Å². The third-order valence-electron chi connectivity index (χ3n) is 4.77. The van der Waals surface area contributed by atoms with Crippen LogP contribution in [0.4, 0.5) is 0 Å². The molecule has 1 aromatic rings. The van der Waals surface area contributed by atoms with Crippen LogP contribution in [0.15, 0.2) is 30.3 Å². The van der Waals surface area contributed by atoms with Gasteiger partial charge in [-0.3, -0.25) is 9.69 Å². The van der Waals surface area contributed by atoms with Crippen LogP contribution in [0.3, 0.4) is 0 Å². The summed E-state index contributed by atoms with van der Waals surface area (Å²) in [5, 5.41) is 6.49. The van der Waals surface area contributed by atoms with E-state index in [0.29, 0.717) is 11.8 Å². The highest BCUT2D eigenvalue weighted by atomic mass is 16.1. The highest BCUT2D eigenvalue weighted by Gasteiger charge is 2.35. The lowest BCUT2D eigenvalue weighted by Crippen LogP contribution is -2.40. The monoisotopic (exact) mass is 287 g/mol. The molecule has 1 aromatic carbocycles. The lowest BCUT2D eigenvalue weighted by Gasteiger charge is -2.36. The van der Waals surface area contributed by atoms with E-state index in [1.54, 1.807) is 0 Å². The lowest BCUT2D eigenvalue weighted by molar-refractivity contribution is -0.121. The zero-order valence-corrected chi connectivity index (χ0v) is 12.8. The van der Waals surface area contributed by atoms with E-state index in [4.69, 9.17) is 0 Å². The van der Waals surface area contributed by atoms with Crippen molar-refractivity contribution in [1.29, 1.82) is 0 Å². The van der Waals surface area contributed by atoms with E-state index >= 15 is 0 Å². The van der Waals surface area contributed by atoms with E-state index < -0.39 is 0 Å². The molecule has 4 heteroatoms. The smallest absolute Gasteiger partial charge is 0.221 e. The van der Waals surface area contributed by atoms with E-state index in [-0.39, 0.29) is 11.9 Å². The van der Waals surface area contributed by atoms with Crippen LogP contribution in [0.1, 0.15) is 31.4 Å². The first-order valence-electron chi connectivity index (χ1n) is 7.93. The van der Waals surface area contributed by atoms with Crippen molar-refractivity contribution in [1.82, 2.24) is 15.5 Å². The number of benzene rings is 1. The topological polar surface area (TPSA) is 44.4 Å². The summed E-state index contributed by atoms with van der Waals surface area (Å²) in [5.74, 6) is 0.168. The minimum absolute atomic E-state index is 0.168. The summed E-state index contributed by atoms with van der Waals surface area (Å²) < 4.78 is 0. The molecule has 0 aliphatic carbocycles. The number of hydrogen-bond donors (Lipinski definition) is 2. The standard InChI is InChI=1S/C17H25N3O/c1-17(7-8-18-12-17)13-20-10-9-19-16(21)11-15(20)14-5-3-2-4-6-14/h2-6,15,18H,7-13H2,1H3,(H,19,21). The van der Waals surface area contributed by atoms with Gasteiger partial charge in [-0.15, -0.1) is 0 Å². The largest absolute Gasteiger partial charge is 0.355 e. The van der Waals surface area contributed by atoms with E-state index in [1.165, 1.54) is 12.0 Å². The van der Waals surface area contributed by atoms with Crippen LogP contribution in [0.25, 0.3) is 0 Å². The highest BCUT2D eigenvalue weighted by Crippen LogP contribution is 2.32. The quantitative estimate of drug-likeness (QED) is 0.886. The molecule has 2 aliphatic heterocycles. The number of carbonyl (C=O) groups excluding carboxylic acids is 1. The van der Waals surface area contributed by atoms with Gasteiger partial charge in [0, 0.05) is 38.6 Å². The van der Waals surface area contributed by atoms with Gasteiger partial charge in [0.25, 0.3) is 0 Å². The first-order chi connectivity index (χ1) is 10.2. The second kappa shape index (κ2) is 6.16. The second-order valence-corrected chi connectivity index (χ2v) is 6.69. The zero-order valence-electron chi connectivity index (χ0n) is 12.8. The summed E-state index contributed by atoms with van der Waals surface area (Å²) in [6, 6.07) is 10.7. The molecule has 0 saturated carbocycles. The van der Waals surface area contributed by atoms with Gasteiger partial charge in [0.2, 0.25) is 5.91 Å². The van der Waals surface area contributed by atoms with Crippen molar-refractivity contribution >= 4 is 5.91 Å². The summed E-state index contributed by atoms with van der Waals surface area (Å²) in [7, 11) is 0. The highest BCUT2D eigenvalue weighted by molar-refractivity contribution is 5.77. The maximum absolute atomic E-state index is 12.0. The number of nitrogens with one attached hydrogen (secondary N) is 2. The molecule has 2 atom stereocenters. The Balaban J connectivity index is 1.82. The van der Waals surface area contributed by atoms with Crippen LogP contribution in [0, 0.1) is 5.41 Å². The van der Waals surface area contributed by atoms with Crippen LogP contribution in [0.5, 0.6) is 0 Å². The molecule has 0 radical (unpaired) electrons. The van der Waals surface area contributed by atoms with Gasteiger partial charge in [0.15, 0.2) is 0 Å². The molecule has 2 fully saturated rings. The summed E-state index contributed by atoms with van der Waals surface area (Å²) in [4.78, 5) is 14.5. The minimum Gasteiger partial charge on any atom is -0.355 e. The fourth-order valence-corrected chi connectivity index (χ4v) is 3.56. The minimum atomic E-state index is 0.168. The van der Waals surface area contributed by atoms with Crippen molar-refractivity contribution in [3.8, 4) is 0 Å². The predicted octanol–water partition coefficient (Wildman–Crippen LogP) is 1.55. The average molecular weight is 287 g/mol. The zero-order chi connectivity index (χ0) is 14.7. The Kier molecular flexibility index (Phi) is 4.27. The van der Waals surface area contributed by atoms with Crippen molar-refractivity contribution in [3.05, 3.63) is 35.9 Å². The lowest BCUT2D eigenvalue weighted by atomic mass is 9.88. The molecule has 3 rings (SSSR count). The van der Waals surface area contributed by atoms with Crippen LogP contribution in [-0.4, -0.2) is 43.5 Å². The number of rotatable bonds is 3. The molecular formula is C17H25N3O. The first-order valence-corrected chi connectivity index (χ1v) is 7.93. The fourth-order valence-electron chi connectivity index (χ4n) is 3.56. The summed E-state index contributed by atoms with van der Waals surface area (Å²) in [6.45, 7) is 7.28. The van der Waals surface area contributed by atoms with Gasteiger partial charge in [0.1, 0.15) is 0 Å². The van der Waals surface area contributed by atoms with E-state index in [1.807, 2.05) is 6.07 Å². The first kappa shape index (κ1) is 14.5. The number of hydrogen-bond acceptors (Lipinski definition) is 3. The Labute approximate surface area is 126 Å². The Hall–Kier alpha value is -1.39. The van der Waals surface area contributed by atoms with Crippen molar-refractivity contribution in [3.63, 3.8) is 0 Å². The molecule has 2 N–H and O–H groups in total. The summed E-state index contributed by atoms with van der Waals surface area (Å²) >= 11 is 0. The van der Waals surface area contributed by atoms with Gasteiger partial charge < -0.3 is 10.6 Å². The van der Waals surface area contributed by atoms with Gasteiger partial charge in [-0.1, -0.05) is 37.3 Å². The van der Waals surface area contributed by atoms with Crippen molar-refractivity contribution in [2.45, 2.75) is 25.8 Å². The third-order valence-corrected chi connectivity index (χ3v) is 4.77. The maximum Gasteiger partial charge on any atom is 0.221 e. The normalized spacial score (nSPS) is 30.9. The molecule has 1 amide bonds. The van der Waals surface area contributed by atoms with E-state index in [9.17, 15) is 4.79 Å². The number of amides is 1. The molecule has 2 saturated heterocycles. The Bertz CT molecular complexity index is 482. The van der Waals surface area contributed by atoms with Crippen molar-refractivity contribution in [2.75, 3.05) is 32.7 Å². The Morgan fingerprint density at radius 2 is 2.10 bits per heavy atom. The molecule has 0 bridgehead atoms. The van der Waals surface area contributed by atoms with Gasteiger partial charge in [-0.2, -0.15) is 0 Å². The van der Waals surface area contributed by atoms with Crippen LogP contribution >= 0.6 is 0 Å². The molecule has 0 aromatic heterocycles. The van der Waals surface area contributed by atoms with Crippen LogP contribution < -0.4 is 10.6 Å². The Morgan fingerprint density at radius 3 is 2.81 bits per heavy atom. The Morgan fingerprint density at radius 1 is 1.29 bits per heavy atom. The van der Waals surface area contributed by atoms with Crippen LogP contribution in [-0.2, 0) is 4.79 Å². The second-order valence-electron chi connectivity index (χ2n) is 6.69. The molecule has 21 heavy (non-hydrogen) atoms. The van der Waals surface area contributed by atoms with Gasteiger partial charge >= 0.3 is 0 Å². The molecule has 114 valence electrons. The molecular weight excluding hydrogens is 262 g/mol. The number of nitrogens with zero attached hydrogens (tertiary/aromatic N) is 1. The molecule has 2 aliphatic rings. The van der Waals surface area contributed by atoms with Gasteiger partial charge in [0.05, 0.1) is 0 Å². The summed E-state index contributed by atoms with van der Waals surface area (Å²) in [5.41, 5.74) is 1.57. The predicted molar refractivity (Wildman–Crippen MR) is 84.0 cm³/mol. The number of carbonyl (C=O) groups is 1. The molecule has 2 heterocycles. The van der Waals surface area contributed by atoms with Crippen molar-refractivity contribution < 1.29 is 4.79 Å². The molecule has 2 unspecified atom stereocenters. The van der Waals surface area contributed by atoms with Gasteiger partial charge in [-0.05, 0) is 23.9 Å². The average Bonchev–Trinajstić information content (AvgIpc) is 2.82.